The summed E-state index contributed by atoms with van der Waals surface area (Å²) in [7, 11) is 0. The summed E-state index contributed by atoms with van der Waals surface area (Å²) >= 11 is 0.863. The van der Waals surface area contributed by atoms with Crippen molar-refractivity contribution in [3.63, 3.8) is 0 Å². The largest absolute Gasteiger partial charge is 0.490 e. The Morgan fingerprint density at radius 2 is 1.88 bits per heavy atom. The van der Waals surface area contributed by atoms with E-state index < -0.39 is 10.8 Å². The lowest BCUT2D eigenvalue weighted by Gasteiger charge is -2.12. The average Bonchev–Trinajstić information content (AvgIpc) is 3.09. The molecule has 9 nitrogen and oxygen atoms in total. The predicted molar refractivity (Wildman–Crippen MR) is 123 cm³/mol. The van der Waals surface area contributed by atoms with Gasteiger partial charge in [0.2, 0.25) is 5.88 Å². The van der Waals surface area contributed by atoms with Crippen molar-refractivity contribution in [1.29, 1.82) is 0 Å². The number of nitrogens with zero attached hydrogens (tertiary/aromatic N) is 3. The monoisotopic (exact) mass is 463 g/mol. The van der Waals surface area contributed by atoms with Gasteiger partial charge in [-0.15, -0.1) is 0 Å². The molecule has 1 aliphatic heterocycles. The molecule has 166 valence electrons. The van der Waals surface area contributed by atoms with Crippen LogP contribution in [-0.2, 0) is 4.79 Å². The zero-order valence-corrected chi connectivity index (χ0v) is 18.2. The van der Waals surface area contributed by atoms with Crippen LogP contribution in [0, 0.1) is 10.1 Å². The van der Waals surface area contributed by atoms with Crippen molar-refractivity contribution in [2.24, 2.45) is 0 Å². The van der Waals surface area contributed by atoms with E-state index in [1.807, 2.05) is 13.0 Å². The summed E-state index contributed by atoms with van der Waals surface area (Å²) in [6.45, 7) is 2.17. The van der Waals surface area contributed by atoms with Gasteiger partial charge in [0, 0.05) is 12.1 Å². The van der Waals surface area contributed by atoms with Crippen molar-refractivity contribution in [2.45, 2.75) is 6.92 Å². The van der Waals surface area contributed by atoms with Gasteiger partial charge in [-0.25, -0.2) is 9.88 Å². The third-order valence-electron chi connectivity index (χ3n) is 4.52. The highest BCUT2D eigenvalue weighted by atomic mass is 32.2. The Morgan fingerprint density at radius 3 is 2.55 bits per heavy atom. The van der Waals surface area contributed by atoms with E-state index in [1.165, 1.54) is 12.1 Å². The third-order valence-corrected chi connectivity index (χ3v) is 5.39. The highest BCUT2D eigenvalue weighted by Gasteiger charge is 2.36. The quantitative estimate of drug-likeness (QED) is 0.259. The van der Waals surface area contributed by atoms with Gasteiger partial charge < -0.3 is 9.47 Å². The summed E-state index contributed by atoms with van der Waals surface area (Å²) < 4.78 is 11.4. The number of anilines is 1. The maximum atomic E-state index is 12.8. The van der Waals surface area contributed by atoms with Crippen LogP contribution in [0.15, 0.2) is 71.8 Å². The highest BCUT2D eigenvalue weighted by molar-refractivity contribution is 8.19. The van der Waals surface area contributed by atoms with E-state index in [-0.39, 0.29) is 21.7 Å². The molecule has 2 amide bonds. The van der Waals surface area contributed by atoms with Gasteiger partial charge in [0.25, 0.3) is 16.8 Å². The molecular formula is C23H17N3O6S. The van der Waals surface area contributed by atoms with Gasteiger partial charge >= 0.3 is 0 Å². The number of thioether (sulfide) groups is 1. The molecular weight excluding hydrogens is 446 g/mol. The van der Waals surface area contributed by atoms with Crippen LogP contribution in [0.2, 0.25) is 0 Å². The summed E-state index contributed by atoms with van der Waals surface area (Å²) in [6, 6.07) is 16.4. The van der Waals surface area contributed by atoms with Gasteiger partial charge in [0.15, 0.2) is 11.5 Å². The minimum Gasteiger partial charge on any atom is -0.490 e. The minimum absolute atomic E-state index is 0.146. The normalized spacial score (nSPS) is 14.6. The molecule has 0 aliphatic carbocycles. The second-order valence-corrected chi connectivity index (χ2v) is 7.70. The topological polar surface area (TPSA) is 112 Å². The summed E-state index contributed by atoms with van der Waals surface area (Å²) in [5.41, 5.74) is 1.01. The molecule has 33 heavy (non-hydrogen) atoms. The Labute approximate surface area is 192 Å². The zero-order chi connectivity index (χ0) is 23.4. The summed E-state index contributed by atoms with van der Waals surface area (Å²) in [4.78, 5) is 40.8. The first kappa shape index (κ1) is 22.0. The first-order valence-electron chi connectivity index (χ1n) is 9.84. The molecule has 0 bridgehead atoms. The molecule has 1 aliphatic rings. The summed E-state index contributed by atoms with van der Waals surface area (Å²) in [5.74, 6) is 0.518. The van der Waals surface area contributed by atoms with Crippen LogP contribution in [-0.4, -0.2) is 27.7 Å². The Hall–Kier alpha value is -4.18. The molecule has 0 N–H and O–H groups in total. The Balaban J connectivity index is 1.58. The molecule has 1 fully saturated rings. The van der Waals surface area contributed by atoms with Crippen molar-refractivity contribution in [3.05, 3.63) is 87.4 Å². The lowest BCUT2D eigenvalue weighted by atomic mass is 10.1. The molecule has 2 heterocycles. The molecule has 1 saturated heterocycles. The maximum absolute atomic E-state index is 12.8. The van der Waals surface area contributed by atoms with Gasteiger partial charge in [-0.1, -0.05) is 24.3 Å². The van der Waals surface area contributed by atoms with Crippen LogP contribution in [0.1, 0.15) is 12.5 Å². The highest BCUT2D eigenvalue weighted by Crippen LogP contribution is 2.37. The van der Waals surface area contributed by atoms with E-state index in [1.54, 1.807) is 48.5 Å². The summed E-state index contributed by atoms with van der Waals surface area (Å²) in [6.07, 6.45) is 2.72. The van der Waals surface area contributed by atoms with E-state index >= 15 is 0 Å². The Morgan fingerprint density at radius 1 is 1.09 bits per heavy atom. The molecule has 0 saturated carbocycles. The SMILES string of the molecule is CCOc1cc(/C=C2/SC(=O)N(c3ccccc3)C2=O)ccc1Oc1ccc([N+](=O)[O-])cn1. The molecule has 0 spiro atoms. The van der Waals surface area contributed by atoms with Crippen molar-refractivity contribution in [3.8, 4) is 17.4 Å². The Kier molecular flexibility index (Phi) is 6.36. The van der Waals surface area contributed by atoms with E-state index in [0.717, 1.165) is 22.9 Å². The standard InChI is InChI=1S/C23H17N3O6S/c1-2-31-19-12-15(8-10-18(19)32-21-11-9-17(14-24-21)26(29)30)13-20-22(27)25(23(28)33-20)16-6-4-3-5-7-16/h3-14H,2H2,1H3/b20-13+. The first-order valence-corrected chi connectivity index (χ1v) is 10.7. The number of hydrogen-bond donors (Lipinski definition) is 0. The lowest BCUT2D eigenvalue weighted by Crippen LogP contribution is -2.27. The fraction of sp³-hybridized carbons (Fsp3) is 0.0870. The van der Waals surface area contributed by atoms with Crippen LogP contribution >= 0.6 is 11.8 Å². The molecule has 0 atom stereocenters. The number of imide groups is 1. The minimum atomic E-state index is -0.545. The number of nitro groups is 1. The molecule has 1 aromatic heterocycles. The predicted octanol–water partition coefficient (Wildman–Crippen LogP) is 5.42. The molecule has 0 radical (unpaired) electrons. The first-order chi connectivity index (χ1) is 16.0. The van der Waals surface area contributed by atoms with Crippen LogP contribution in [0.4, 0.5) is 16.2 Å². The molecule has 0 unspecified atom stereocenters. The van der Waals surface area contributed by atoms with Crippen molar-refractivity contribution < 1.29 is 24.0 Å². The number of para-hydroxylation sites is 1. The van der Waals surface area contributed by atoms with Crippen LogP contribution in [0.5, 0.6) is 17.4 Å². The van der Waals surface area contributed by atoms with Crippen LogP contribution < -0.4 is 14.4 Å². The van der Waals surface area contributed by atoms with Crippen LogP contribution in [0.25, 0.3) is 6.08 Å². The number of aromatic nitrogens is 1. The number of carbonyl (C=O) groups excluding carboxylic acids is 2. The van der Waals surface area contributed by atoms with Crippen molar-refractivity contribution in [2.75, 3.05) is 11.5 Å². The second-order valence-electron chi connectivity index (χ2n) is 6.71. The van der Waals surface area contributed by atoms with Crippen molar-refractivity contribution >= 4 is 40.4 Å². The van der Waals surface area contributed by atoms with E-state index in [0.29, 0.717) is 29.4 Å². The second kappa shape index (κ2) is 9.53. The number of amides is 2. The van der Waals surface area contributed by atoms with Gasteiger partial charge in [0.05, 0.1) is 22.1 Å². The number of benzene rings is 2. The molecule has 3 aromatic rings. The fourth-order valence-electron chi connectivity index (χ4n) is 3.04. The lowest BCUT2D eigenvalue weighted by molar-refractivity contribution is -0.385. The van der Waals surface area contributed by atoms with Gasteiger partial charge in [-0.05, 0) is 54.6 Å². The van der Waals surface area contributed by atoms with Gasteiger partial charge in [-0.3, -0.25) is 19.7 Å². The Bertz CT molecular complexity index is 1240. The number of pyridine rings is 1. The van der Waals surface area contributed by atoms with E-state index in [9.17, 15) is 19.7 Å². The molecule has 2 aromatic carbocycles. The number of hydrogen-bond acceptors (Lipinski definition) is 8. The zero-order valence-electron chi connectivity index (χ0n) is 17.3. The fourth-order valence-corrected chi connectivity index (χ4v) is 3.88. The average molecular weight is 463 g/mol. The summed E-state index contributed by atoms with van der Waals surface area (Å²) in [5, 5.41) is 10.4. The van der Waals surface area contributed by atoms with Gasteiger partial charge in [0.1, 0.15) is 6.20 Å². The third kappa shape index (κ3) is 4.85. The number of rotatable bonds is 7. The number of carbonyl (C=O) groups is 2. The van der Waals surface area contributed by atoms with Crippen molar-refractivity contribution in [1.82, 2.24) is 4.98 Å². The number of ether oxygens (including phenoxy) is 2. The van der Waals surface area contributed by atoms with Gasteiger partial charge in [-0.2, -0.15) is 0 Å². The smallest absolute Gasteiger partial charge is 0.298 e. The van der Waals surface area contributed by atoms with E-state index in [4.69, 9.17) is 9.47 Å². The molecule has 10 heteroatoms. The van der Waals surface area contributed by atoms with Crippen LogP contribution in [0.3, 0.4) is 0 Å². The van der Waals surface area contributed by atoms with E-state index in [2.05, 4.69) is 4.98 Å². The maximum Gasteiger partial charge on any atom is 0.298 e. The molecule has 4 rings (SSSR count).